The van der Waals surface area contributed by atoms with E-state index < -0.39 is 0 Å². The zero-order valence-corrected chi connectivity index (χ0v) is 13.0. The molecule has 0 aromatic heterocycles. The number of benzene rings is 1. The zero-order chi connectivity index (χ0) is 13.8. The van der Waals surface area contributed by atoms with Crippen LogP contribution >= 0.6 is 15.9 Å². The maximum Gasteiger partial charge on any atom is 0.238 e. The molecule has 1 amide bonds. The van der Waals surface area contributed by atoms with Crippen LogP contribution < -0.4 is 10.6 Å². The molecule has 1 unspecified atom stereocenters. The SMILES string of the molecule is Cc1ccc(NC(=O)CN(C)C2CCNC2)c(Br)c1. The third kappa shape index (κ3) is 4.03. The molecule has 5 heteroatoms. The van der Waals surface area contributed by atoms with Gasteiger partial charge in [-0.15, -0.1) is 0 Å². The summed E-state index contributed by atoms with van der Waals surface area (Å²) in [6.07, 6.45) is 1.11. The number of nitrogens with zero attached hydrogens (tertiary/aromatic N) is 1. The van der Waals surface area contributed by atoms with E-state index in [2.05, 4.69) is 31.5 Å². The fourth-order valence-electron chi connectivity index (χ4n) is 2.28. The summed E-state index contributed by atoms with van der Waals surface area (Å²) in [6, 6.07) is 6.38. The first-order valence-electron chi connectivity index (χ1n) is 6.53. The number of rotatable bonds is 4. The van der Waals surface area contributed by atoms with Crippen molar-refractivity contribution in [1.82, 2.24) is 10.2 Å². The molecule has 104 valence electrons. The second kappa shape index (κ2) is 6.50. The quantitative estimate of drug-likeness (QED) is 0.889. The van der Waals surface area contributed by atoms with Gasteiger partial charge in [-0.05, 0) is 60.6 Å². The lowest BCUT2D eigenvalue weighted by Gasteiger charge is -2.22. The molecule has 0 saturated carbocycles. The molecule has 1 saturated heterocycles. The van der Waals surface area contributed by atoms with Gasteiger partial charge in [0.25, 0.3) is 0 Å². The minimum atomic E-state index is 0.0268. The molecule has 1 aliphatic heterocycles. The Bertz CT molecular complexity index is 458. The van der Waals surface area contributed by atoms with Crippen molar-refractivity contribution >= 4 is 27.5 Å². The van der Waals surface area contributed by atoms with Gasteiger partial charge in [0, 0.05) is 17.1 Å². The Morgan fingerprint density at radius 1 is 1.58 bits per heavy atom. The highest BCUT2D eigenvalue weighted by Crippen LogP contribution is 2.23. The summed E-state index contributed by atoms with van der Waals surface area (Å²) in [4.78, 5) is 14.1. The van der Waals surface area contributed by atoms with Crippen LogP contribution in [-0.2, 0) is 4.79 Å². The Kier molecular flexibility index (Phi) is 4.96. The number of hydrogen-bond acceptors (Lipinski definition) is 3. The van der Waals surface area contributed by atoms with E-state index in [1.807, 2.05) is 32.2 Å². The van der Waals surface area contributed by atoms with Crippen LogP contribution in [0.2, 0.25) is 0 Å². The Balaban J connectivity index is 1.89. The third-order valence-corrected chi connectivity index (χ3v) is 4.11. The molecule has 1 aliphatic rings. The number of halogens is 1. The fourth-order valence-corrected chi connectivity index (χ4v) is 2.87. The van der Waals surface area contributed by atoms with E-state index in [-0.39, 0.29) is 5.91 Å². The molecule has 2 rings (SSSR count). The smallest absolute Gasteiger partial charge is 0.238 e. The van der Waals surface area contributed by atoms with Crippen molar-refractivity contribution in [3.05, 3.63) is 28.2 Å². The number of anilines is 1. The molecule has 1 heterocycles. The lowest BCUT2D eigenvalue weighted by Crippen LogP contribution is -2.39. The van der Waals surface area contributed by atoms with Crippen LogP contribution in [0.4, 0.5) is 5.69 Å². The summed E-state index contributed by atoms with van der Waals surface area (Å²) in [5.74, 6) is 0.0268. The Labute approximate surface area is 122 Å². The summed E-state index contributed by atoms with van der Waals surface area (Å²) in [6.45, 7) is 4.46. The van der Waals surface area contributed by atoms with Gasteiger partial charge in [-0.2, -0.15) is 0 Å². The Morgan fingerprint density at radius 2 is 2.37 bits per heavy atom. The molecule has 1 aromatic carbocycles. The molecule has 2 N–H and O–H groups in total. The van der Waals surface area contributed by atoms with Crippen LogP contribution in [0.25, 0.3) is 0 Å². The van der Waals surface area contributed by atoms with Gasteiger partial charge in [-0.3, -0.25) is 9.69 Å². The van der Waals surface area contributed by atoms with Gasteiger partial charge in [0.1, 0.15) is 0 Å². The summed E-state index contributed by atoms with van der Waals surface area (Å²) in [5.41, 5.74) is 1.99. The van der Waals surface area contributed by atoms with E-state index in [4.69, 9.17) is 0 Å². The molecule has 0 bridgehead atoms. The van der Waals surface area contributed by atoms with Crippen LogP contribution in [0.15, 0.2) is 22.7 Å². The molecular formula is C14H20BrN3O. The molecular weight excluding hydrogens is 306 g/mol. The van der Waals surface area contributed by atoms with Gasteiger partial charge in [0.2, 0.25) is 5.91 Å². The van der Waals surface area contributed by atoms with Gasteiger partial charge < -0.3 is 10.6 Å². The van der Waals surface area contributed by atoms with Gasteiger partial charge >= 0.3 is 0 Å². The van der Waals surface area contributed by atoms with Crippen molar-refractivity contribution in [3.63, 3.8) is 0 Å². The molecule has 0 spiro atoms. The van der Waals surface area contributed by atoms with Gasteiger partial charge in [0.05, 0.1) is 12.2 Å². The first-order chi connectivity index (χ1) is 9.06. The van der Waals surface area contributed by atoms with E-state index in [0.717, 1.165) is 29.7 Å². The second-order valence-electron chi connectivity index (χ2n) is 5.09. The maximum absolute atomic E-state index is 12.0. The van der Waals surface area contributed by atoms with Crippen molar-refractivity contribution < 1.29 is 4.79 Å². The van der Waals surface area contributed by atoms with Crippen LogP contribution in [0.3, 0.4) is 0 Å². The van der Waals surface area contributed by atoms with Crippen molar-refractivity contribution in [2.75, 3.05) is 32.0 Å². The Hall–Kier alpha value is -0.910. The standard InChI is InChI=1S/C14H20BrN3O/c1-10-3-4-13(12(15)7-10)17-14(19)9-18(2)11-5-6-16-8-11/h3-4,7,11,16H,5-6,8-9H2,1-2H3,(H,17,19). The maximum atomic E-state index is 12.0. The fraction of sp³-hybridized carbons (Fsp3) is 0.500. The minimum absolute atomic E-state index is 0.0268. The highest BCUT2D eigenvalue weighted by molar-refractivity contribution is 9.10. The van der Waals surface area contributed by atoms with Gasteiger partial charge in [-0.25, -0.2) is 0 Å². The highest BCUT2D eigenvalue weighted by atomic mass is 79.9. The van der Waals surface area contributed by atoms with Crippen LogP contribution in [0.1, 0.15) is 12.0 Å². The Morgan fingerprint density at radius 3 is 3.00 bits per heavy atom. The van der Waals surface area contributed by atoms with Crippen molar-refractivity contribution in [2.45, 2.75) is 19.4 Å². The van der Waals surface area contributed by atoms with E-state index in [1.165, 1.54) is 5.56 Å². The minimum Gasteiger partial charge on any atom is -0.324 e. The third-order valence-electron chi connectivity index (χ3n) is 3.45. The number of amides is 1. The molecule has 1 atom stereocenters. The average Bonchev–Trinajstić information content (AvgIpc) is 2.86. The van der Waals surface area contributed by atoms with Crippen LogP contribution in [0.5, 0.6) is 0 Å². The summed E-state index contributed by atoms with van der Waals surface area (Å²) >= 11 is 3.47. The van der Waals surface area contributed by atoms with Crippen LogP contribution in [0, 0.1) is 6.92 Å². The molecule has 4 nitrogen and oxygen atoms in total. The van der Waals surface area contributed by atoms with E-state index >= 15 is 0 Å². The lowest BCUT2D eigenvalue weighted by atomic mass is 10.2. The van der Waals surface area contributed by atoms with E-state index in [0.29, 0.717) is 12.6 Å². The number of carbonyl (C=O) groups excluding carboxylic acids is 1. The molecule has 19 heavy (non-hydrogen) atoms. The summed E-state index contributed by atoms with van der Waals surface area (Å²) in [7, 11) is 2.00. The zero-order valence-electron chi connectivity index (χ0n) is 11.4. The predicted molar refractivity (Wildman–Crippen MR) is 81.4 cm³/mol. The first-order valence-corrected chi connectivity index (χ1v) is 7.32. The number of carbonyl (C=O) groups is 1. The van der Waals surface area contributed by atoms with Crippen molar-refractivity contribution in [1.29, 1.82) is 0 Å². The molecule has 0 aliphatic carbocycles. The molecule has 0 radical (unpaired) electrons. The van der Waals surface area contributed by atoms with E-state index in [1.54, 1.807) is 0 Å². The summed E-state index contributed by atoms with van der Waals surface area (Å²) in [5, 5.41) is 6.25. The summed E-state index contributed by atoms with van der Waals surface area (Å²) < 4.78 is 0.922. The lowest BCUT2D eigenvalue weighted by molar-refractivity contribution is -0.117. The van der Waals surface area contributed by atoms with Gasteiger partial charge in [-0.1, -0.05) is 6.07 Å². The number of likely N-dealkylation sites (N-methyl/N-ethyl adjacent to an activating group) is 1. The number of nitrogens with one attached hydrogen (secondary N) is 2. The molecule has 1 fully saturated rings. The predicted octanol–water partition coefficient (Wildman–Crippen LogP) is 1.99. The number of hydrogen-bond donors (Lipinski definition) is 2. The highest BCUT2D eigenvalue weighted by Gasteiger charge is 2.20. The average molecular weight is 326 g/mol. The second-order valence-corrected chi connectivity index (χ2v) is 5.95. The monoisotopic (exact) mass is 325 g/mol. The molecule has 1 aromatic rings. The number of aryl methyl sites for hydroxylation is 1. The first kappa shape index (κ1) is 14.5. The van der Waals surface area contributed by atoms with Crippen LogP contribution in [-0.4, -0.2) is 43.5 Å². The van der Waals surface area contributed by atoms with Gasteiger partial charge in [0.15, 0.2) is 0 Å². The normalized spacial score (nSPS) is 18.8. The van der Waals surface area contributed by atoms with Crippen molar-refractivity contribution in [3.8, 4) is 0 Å². The largest absolute Gasteiger partial charge is 0.324 e. The van der Waals surface area contributed by atoms with E-state index in [9.17, 15) is 4.79 Å². The topological polar surface area (TPSA) is 44.4 Å². The van der Waals surface area contributed by atoms with Crippen molar-refractivity contribution in [2.24, 2.45) is 0 Å².